The third-order valence-electron chi connectivity index (χ3n) is 2.33. The summed E-state index contributed by atoms with van der Waals surface area (Å²) in [6.07, 6.45) is 1.88. The molecule has 0 aliphatic rings. The van der Waals surface area contributed by atoms with Gasteiger partial charge in [0.2, 0.25) is 0 Å². The van der Waals surface area contributed by atoms with Crippen molar-refractivity contribution in [2.45, 2.75) is 26.9 Å². The van der Waals surface area contributed by atoms with E-state index in [1.165, 1.54) is 0 Å². The third-order valence-corrected chi connectivity index (χ3v) is 2.33. The lowest BCUT2D eigenvalue weighted by Gasteiger charge is -2.10. The molecule has 0 fully saturated rings. The fourth-order valence-corrected chi connectivity index (χ4v) is 1.55. The number of likely N-dealkylation sites (N-methyl/N-ethyl adjacent to an activating group) is 1. The highest BCUT2D eigenvalue weighted by Crippen LogP contribution is 2.06. The normalized spacial score (nSPS) is 11.4. The Labute approximate surface area is 104 Å². The second-order valence-corrected chi connectivity index (χ2v) is 4.79. The first-order valence-electron chi connectivity index (χ1n) is 6.06. The third kappa shape index (κ3) is 5.65. The minimum absolute atomic E-state index is 0.653. The van der Waals surface area contributed by atoms with Gasteiger partial charge < -0.3 is 9.84 Å². The van der Waals surface area contributed by atoms with Gasteiger partial charge in [-0.2, -0.15) is 0 Å². The molecular weight excluding hydrogens is 214 g/mol. The Morgan fingerprint density at radius 2 is 2.35 bits per heavy atom. The highest BCUT2D eigenvalue weighted by Gasteiger charge is 2.06. The molecule has 1 N–H and O–H groups in total. The molecule has 0 spiro atoms. The van der Waals surface area contributed by atoms with Crippen molar-refractivity contribution >= 4 is 0 Å². The highest BCUT2D eigenvalue weighted by atomic mass is 16.5. The smallest absolute Gasteiger partial charge is 0.151 e. The minimum Gasteiger partial charge on any atom is -0.360 e. The Balaban J connectivity index is 2.34. The van der Waals surface area contributed by atoms with Crippen LogP contribution in [0.2, 0.25) is 0 Å². The summed E-state index contributed by atoms with van der Waals surface area (Å²) in [5.41, 5.74) is 0.965. The summed E-state index contributed by atoms with van der Waals surface area (Å²) in [6, 6.07) is 2.01. The van der Waals surface area contributed by atoms with Crippen LogP contribution in [-0.2, 0) is 13.1 Å². The van der Waals surface area contributed by atoms with Gasteiger partial charge in [0.1, 0.15) is 0 Å². The Hall–Kier alpha value is -1.13. The Morgan fingerprint density at radius 3 is 3.00 bits per heavy atom. The maximum Gasteiger partial charge on any atom is 0.151 e. The van der Waals surface area contributed by atoms with Crippen LogP contribution in [0.15, 0.2) is 23.2 Å². The van der Waals surface area contributed by atoms with E-state index in [1.807, 2.05) is 19.2 Å². The summed E-state index contributed by atoms with van der Waals surface area (Å²) in [5, 5.41) is 7.38. The van der Waals surface area contributed by atoms with Gasteiger partial charge in [0, 0.05) is 19.2 Å². The van der Waals surface area contributed by atoms with E-state index in [1.54, 1.807) is 0 Å². The second-order valence-electron chi connectivity index (χ2n) is 4.79. The van der Waals surface area contributed by atoms with Crippen LogP contribution in [0.3, 0.4) is 0 Å². The average Bonchev–Trinajstić information content (AvgIpc) is 2.65. The summed E-state index contributed by atoms with van der Waals surface area (Å²) >= 11 is 0. The predicted molar refractivity (Wildman–Crippen MR) is 69.6 cm³/mol. The van der Waals surface area contributed by atoms with Crippen molar-refractivity contribution < 1.29 is 4.52 Å². The SMILES string of the molecule is C=CCN(C)Cc1cc(CNCC(C)C)no1. The molecule has 0 radical (unpaired) electrons. The first-order valence-corrected chi connectivity index (χ1v) is 6.06. The zero-order chi connectivity index (χ0) is 12.7. The van der Waals surface area contributed by atoms with E-state index in [0.29, 0.717) is 5.92 Å². The lowest BCUT2D eigenvalue weighted by atomic mass is 10.2. The Morgan fingerprint density at radius 1 is 1.59 bits per heavy atom. The van der Waals surface area contributed by atoms with Crippen molar-refractivity contribution in [1.29, 1.82) is 0 Å². The van der Waals surface area contributed by atoms with Gasteiger partial charge in [0.05, 0.1) is 12.2 Å². The molecule has 0 saturated heterocycles. The summed E-state index contributed by atoms with van der Waals surface area (Å²) in [7, 11) is 2.03. The van der Waals surface area contributed by atoms with E-state index in [-0.39, 0.29) is 0 Å². The van der Waals surface area contributed by atoms with Crippen molar-refractivity contribution in [3.63, 3.8) is 0 Å². The molecule has 1 aromatic rings. The van der Waals surface area contributed by atoms with Crippen molar-refractivity contribution in [2.75, 3.05) is 20.1 Å². The fraction of sp³-hybridized carbons (Fsp3) is 0.615. The van der Waals surface area contributed by atoms with Gasteiger partial charge in [0.15, 0.2) is 5.76 Å². The van der Waals surface area contributed by atoms with Crippen LogP contribution in [0.25, 0.3) is 0 Å². The topological polar surface area (TPSA) is 41.3 Å². The van der Waals surface area contributed by atoms with Crippen molar-refractivity contribution in [2.24, 2.45) is 5.92 Å². The predicted octanol–water partition coefficient (Wildman–Crippen LogP) is 2.04. The van der Waals surface area contributed by atoms with Crippen molar-refractivity contribution in [3.8, 4) is 0 Å². The van der Waals surface area contributed by atoms with Gasteiger partial charge in [-0.25, -0.2) is 0 Å². The molecule has 0 saturated carbocycles. The summed E-state index contributed by atoms with van der Waals surface area (Å²) in [5.74, 6) is 1.55. The van der Waals surface area contributed by atoms with Gasteiger partial charge in [0.25, 0.3) is 0 Å². The molecule has 0 aliphatic carbocycles. The van der Waals surface area contributed by atoms with E-state index < -0.39 is 0 Å². The maximum atomic E-state index is 5.27. The molecule has 1 heterocycles. The van der Waals surface area contributed by atoms with E-state index in [9.17, 15) is 0 Å². The lowest BCUT2D eigenvalue weighted by Crippen LogP contribution is -2.19. The number of nitrogens with zero attached hydrogens (tertiary/aromatic N) is 2. The molecule has 0 bridgehead atoms. The molecule has 17 heavy (non-hydrogen) atoms. The molecule has 0 amide bonds. The maximum absolute atomic E-state index is 5.27. The van der Waals surface area contributed by atoms with Crippen LogP contribution in [-0.4, -0.2) is 30.2 Å². The van der Waals surface area contributed by atoms with E-state index >= 15 is 0 Å². The number of nitrogens with one attached hydrogen (secondary N) is 1. The highest BCUT2D eigenvalue weighted by molar-refractivity contribution is 5.05. The summed E-state index contributed by atoms with van der Waals surface area (Å²) in [4.78, 5) is 2.12. The molecule has 0 unspecified atom stereocenters. The number of rotatable bonds is 8. The molecule has 0 aliphatic heterocycles. The standard InChI is InChI=1S/C13H23N3O/c1-5-6-16(4)10-13-7-12(15-17-13)9-14-8-11(2)3/h5,7,11,14H,1,6,8-10H2,2-4H3. The molecule has 0 atom stereocenters. The second kappa shape index (κ2) is 7.25. The van der Waals surface area contributed by atoms with Gasteiger partial charge >= 0.3 is 0 Å². The van der Waals surface area contributed by atoms with Crippen molar-refractivity contribution in [1.82, 2.24) is 15.4 Å². The van der Waals surface area contributed by atoms with Gasteiger partial charge in [-0.1, -0.05) is 25.1 Å². The monoisotopic (exact) mass is 237 g/mol. The first kappa shape index (κ1) is 13.9. The average molecular weight is 237 g/mol. The quantitative estimate of drug-likeness (QED) is 0.702. The Kier molecular flexibility index (Phi) is 5.94. The van der Waals surface area contributed by atoms with Crippen molar-refractivity contribution in [3.05, 3.63) is 30.2 Å². The van der Waals surface area contributed by atoms with Crippen LogP contribution in [0.1, 0.15) is 25.3 Å². The van der Waals surface area contributed by atoms with E-state index in [2.05, 4.69) is 35.8 Å². The molecular formula is C13H23N3O. The van der Waals surface area contributed by atoms with E-state index in [0.717, 1.165) is 37.6 Å². The van der Waals surface area contributed by atoms with Gasteiger partial charge in [-0.05, 0) is 19.5 Å². The van der Waals surface area contributed by atoms with Gasteiger partial charge in [-0.3, -0.25) is 4.90 Å². The number of hydrogen-bond donors (Lipinski definition) is 1. The number of hydrogen-bond acceptors (Lipinski definition) is 4. The Bertz CT molecular complexity index is 333. The van der Waals surface area contributed by atoms with Crippen LogP contribution >= 0.6 is 0 Å². The van der Waals surface area contributed by atoms with Gasteiger partial charge in [-0.15, -0.1) is 6.58 Å². The molecule has 0 aromatic carbocycles. The fourth-order valence-electron chi connectivity index (χ4n) is 1.55. The zero-order valence-electron chi connectivity index (χ0n) is 11.1. The molecule has 1 rings (SSSR count). The molecule has 4 nitrogen and oxygen atoms in total. The minimum atomic E-state index is 0.653. The largest absolute Gasteiger partial charge is 0.360 e. The first-order chi connectivity index (χ1) is 8.11. The number of aromatic nitrogens is 1. The van der Waals surface area contributed by atoms with Crippen LogP contribution in [0.4, 0.5) is 0 Å². The molecule has 4 heteroatoms. The van der Waals surface area contributed by atoms with E-state index in [4.69, 9.17) is 4.52 Å². The molecule has 96 valence electrons. The van der Waals surface area contributed by atoms with Crippen LogP contribution < -0.4 is 5.32 Å². The zero-order valence-corrected chi connectivity index (χ0v) is 11.1. The van der Waals surface area contributed by atoms with Crippen LogP contribution in [0.5, 0.6) is 0 Å². The summed E-state index contributed by atoms with van der Waals surface area (Å²) < 4.78 is 5.27. The summed E-state index contributed by atoms with van der Waals surface area (Å²) in [6.45, 7) is 11.5. The van der Waals surface area contributed by atoms with Crippen LogP contribution in [0, 0.1) is 5.92 Å². The lowest BCUT2D eigenvalue weighted by molar-refractivity contribution is 0.290. The molecule has 1 aromatic heterocycles.